The SMILES string of the molecule is COCCNCCNC(=O)C(C)NS(=O)(=O)c1ccccc1C(F)(F)F. The van der Waals surface area contributed by atoms with Crippen molar-refractivity contribution in [2.24, 2.45) is 0 Å². The summed E-state index contributed by atoms with van der Waals surface area (Å²) in [6.07, 6.45) is -4.83. The van der Waals surface area contributed by atoms with E-state index in [-0.39, 0.29) is 6.54 Å². The van der Waals surface area contributed by atoms with Crippen LogP contribution >= 0.6 is 0 Å². The highest BCUT2D eigenvalue weighted by Crippen LogP contribution is 2.33. The van der Waals surface area contributed by atoms with Gasteiger partial charge in [-0.2, -0.15) is 17.9 Å². The summed E-state index contributed by atoms with van der Waals surface area (Å²) >= 11 is 0. The highest BCUT2D eigenvalue weighted by molar-refractivity contribution is 7.89. The number of carbonyl (C=O) groups excluding carboxylic acids is 1. The maximum atomic E-state index is 13.0. The number of methoxy groups -OCH3 is 1. The number of alkyl halides is 3. The lowest BCUT2D eigenvalue weighted by atomic mass is 10.2. The largest absolute Gasteiger partial charge is 0.417 e. The molecule has 26 heavy (non-hydrogen) atoms. The summed E-state index contributed by atoms with van der Waals surface area (Å²) in [6, 6.07) is 2.55. The Morgan fingerprint density at radius 1 is 1.19 bits per heavy atom. The molecule has 148 valence electrons. The summed E-state index contributed by atoms with van der Waals surface area (Å²) < 4.78 is 70.2. The van der Waals surface area contributed by atoms with E-state index in [2.05, 4.69) is 10.6 Å². The van der Waals surface area contributed by atoms with E-state index >= 15 is 0 Å². The Kier molecular flexibility index (Phi) is 8.47. The van der Waals surface area contributed by atoms with Gasteiger partial charge in [-0.1, -0.05) is 12.1 Å². The predicted molar refractivity (Wildman–Crippen MR) is 89.0 cm³/mol. The summed E-state index contributed by atoms with van der Waals surface area (Å²) in [5.41, 5.74) is -1.29. The lowest BCUT2D eigenvalue weighted by Crippen LogP contribution is -2.46. The van der Waals surface area contributed by atoms with E-state index in [1.54, 1.807) is 7.11 Å². The second kappa shape index (κ2) is 9.86. The van der Waals surface area contributed by atoms with Gasteiger partial charge in [-0.25, -0.2) is 8.42 Å². The molecule has 0 heterocycles. The fourth-order valence-corrected chi connectivity index (χ4v) is 3.44. The molecule has 7 nitrogen and oxygen atoms in total. The van der Waals surface area contributed by atoms with E-state index < -0.39 is 38.6 Å². The van der Waals surface area contributed by atoms with Crippen molar-refractivity contribution < 1.29 is 31.1 Å². The van der Waals surface area contributed by atoms with E-state index in [0.29, 0.717) is 25.8 Å². The van der Waals surface area contributed by atoms with Crippen LogP contribution in [-0.2, 0) is 25.7 Å². The number of hydrogen-bond donors (Lipinski definition) is 3. The van der Waals surface area contributed by atoms with Gasteiger partial charge in [-0.3, -0.25) is 4.79 Å². The van der Waals surface area contributed by atoms with E-state index in [4.69, 9.17) is 4.74 Å². The van der Waals surface area contributed by atoms with E-state index in [9.17, 15) is 26.4 Å². The molecule has 1 unspecified atom stereocenters. The second-order valence-corrected chi connectivity index (χ2v) is 7.05. The lowest BCUT2D eigenvalue weighted by Gasteiger charge is -2.17. The molecule has 1 rings (SSSR count). The molecule has 0 saturated carbocycles. The quantitative estimate of drug-likeness (QED) is 0.506. The Morgan fingerprint density at radius 2 is 1.85 bits per heavy atom. The molecule has 0 radical (unpaired) electrons. The van der Waals surface area contributed by atoms with Gasteiger partial charge in [0.25, 0.3) is 0 Å². The van der Waals surface area contributed by atoms with Crippen LogP contribution in [0.3, 0.4) is 0 Å². The number of carbonyl (C=O) groups is 1. The first-order chi connectivity index (χ1) is 12.1. The minimum absolute atomic E-state index is 0.230. The molecule has 1 aromatic carbocycles. The number of benzene rings is 1. The van der Waals surface area contributed by atoms with Gasteiger partial charge >= 0.3 is 6.18 Å². The van der Waals surface area contributed by atoms with Crippen LogP contribution < -0.4 is 15.4 Å². The van der Waals surface area contributed by atoms with Crippen molar-refractivity contribution in [2.45, 2.75) is 24.0 Å². The third-order valence-corrected chi connectivity index (χ3v) is 4.89. The Bertz CT molecular complexity index is 696. The molecule has 1 amide bonds. The predicted octanol–water partition coefficient (Wildman–Crippen LogP) is 0.724. The van der Waals surface area contributed by atoms with Crippen molar-refractivity contribution in [2.75, 3.05) is 33.4 Å². The van der Waals surface area contributed by atoms with Gasteiger partial charge in [0.15, 0.2) is 0 Å². The average molecular weight is 397 g/mol. The Hall–Kier alpha value is -1.69. The van der Waals surface area contributed by atoms with Crippen LogP contribution in [0.15, 0.2) is 29.2 Å². The average Bonchev–Trinajstić information content (AvgIpc) is 2.56. The number of hydrogen-bond acceptors (Lipinski definition) is 5. The summed E-state index contributed by atoms with van der Waals surface area (Å²) in [7, 11) is -2.97. The Balaban J connectivity index is 2.68. The normalized spacial score (nSPS) is 13.4. The van der Waals surface area contributed by atoms with Gasteiger partial charge in [0.05, 0.1) is 23.1 Å². The van der Waals surface area contributed by atoms with Crippen LogP contribution in [0.1, 0.15) is 12.5 Å². The van der Waals surface area contributed by atoms with Crippen LogP contribution in [0.25, 0.3) is 0 Å². The zero-order valence-corrected chi connectivity index (χ0v) is 15.2. The van der Waals surface area contributed by atoms with Crippen molar-refractivity contribution in [3.05, 3.63) is 29.8 Å². The van der Waals surface area contributed by atoms with Crippen molar-refractivity contribution in [1.29, 1.82) is 0 Å². The Labute approximate surface area is 150 Å². The third kappa shape index (κ3) is 6.90. The van der Waals surface area contributed by atoms with Gasteiger partial charge < -0.3 is 15.4 Å². The van der Waals surface area contributed by atoms with Crippen molar-refractivity contribution in [3.63, 3.8) is 0 Å². The van der Waals surface area contributed by atoms with E-state index in [1.165, 1.54) is 13.0 Å². The fraction of sp³-hybridized carbons (Fsp3) is 0.533. The second-order valence-electron chi connectivity index (χ2n) is 5.37. The number of nitrogens with one attached hydrogen (secondary N) is 3. The van der Waals surface area contributed by atoms with E-state index in [1.807, 2.05) is 4.72 Å². The van der Waals surface area contributed by atoms with Crippen molar-refractivity contribution in [1.82, 2.24) is 15.4 Å². The van der Waals surface area contributed by atoms with Crippen molar-refractivity contribution in [3.8, 4) is 0 Å². The van der Waals surface area contributed by atoms with Gasteiger partial charge in [0.2, 0.25) is 15.9 Å². The molecule has 0 bridgehead atoms. The number of ether oxygens (including phenoxy) is 1. The molecule has 0 fully saturated rings. The first-order valence-electron chi connectivity index (χ1n) is 7.75. The first-order valence-corrected chi connectivity index (χ1v) is 9.24. The molecule has 1 aromatic rings. The zero-order valence-electron chi connectivity index (χ0n) is 14.4. The molecule has 0 saturated heterocycles. The minimum atomic E-state index is -4.83. The smallest absolute Gasteiger partial charge is 0.383 e. The maximum absolute atomic E-state index is 13.0. The molecular formula is C15H22F3N3O4S. The number of amides is 1. The van der Waals surface area contributed by atoms with Crippen LogP contribution in [0.4, 0.5) is 13.2 Å². The summed E-state index contributed by atoms with van der Waals surface area (Å²) in [5, 5.41) is 5.46. The van der Waals surface area contributed by atoms with Gasteiger partial charge in [0.1, 0.15) is 0 Å². The minimum Gasteiger partial charge on any atom is -0.383 e. The topological polar surface area (TPSA) is 96.5 Å². The van der Waals surface area contributed by atoms with Gasteiger partial charge in [-0.15, -0.1) is 0 Å². The monoisotopic (exact) mass is 397 g/mol. The molecule has 0 aliphatic heterocycles. The molecule has 0 spiro atoms. The molecular weight excluding hydrogens is 375 g/mol. The first kappa shape index (κ1) is 22.4. The highest BCUT2D eigenvalue weighted by Gasteiger charge is 2.37. The molecule has 11 heteroatoms. The number of rotatable bonds is 10. The number of sulfonamides is 1. The molecule has 3 N–H and O–H groups in total. The molecule has 0 aliphatic rings. The van der Waals surface area contributed by atoms with Crippen LogP contribution in [0.5, 0.6) is 0 Å². The maximum Gasteiger partial charge on any atom is 0.417 e. The van der Waals surface area contributed by atoms with Crippen LogP contribution in [-0.4, -0.2) is 53.7 Å². The van der Waals surface area contributed by atoms with Crippen molar-refractivity contribution >= 4 is 15.9 Å². The van der Waals surface area contributed by atoms with Crippen LogP contribution in [0, 0.1) is 0 Å². The fourth-order valence-electron chi connectivity index (χ4n) is 2.01. The van der Waals surface area contributed by atoms with Gasteiger partial charge in [-0.05, 0) is 19.1 Å². The van der Waals surface area contributed by atoms with Gasteiger partial charge in [0, 0.05) is 26.7 Å². The molecule has 0 aromatic heterocycles. The summed E-state index contributed by atoms with van der Waals surface area (Å²) in [5.74, 6) is -0.647. The third-order valence-electron chi connectivity index (χ3n) is 3.29. The molecule has 0 aliphatic carbocycles. The van der Waals surface area contributed by atoms with E-state index in [0.717, 1.165) is 12.1 Å². The summed E-state index contributed by atoms with van der Waals surface area (Å²) in [4.78, 5) is 11.0. The number of halogens is 3. The Morgan fingerprint density at radius 3 is 2.46 bits per heavy atom. The highest BCUT2D eigenvalue weighted by atomic mass is 32.2. The zero-order chi connectivity index (χ0) is 19.8. The standard InChI is InChI=1S/C15H22F3N3O4S/c1-11(14(22)20-8-7-19-9-10-25-2)21-26(23,24)13-6-4-3-5-12(13)15(16,17)18/h3-6,11,19,21H,7-10H2,1-2H3,(H,20,22). The summed E-state index contributed by atoms with van der Waals surface area (Å²) in [6.45, 7) is 3.01. The lowest BCUT2D eigenvalue weighted by molar-refractivity contribution is -0.139. The van der Waals surface area contributed by atoms with Crippen LogP contribution in [0.2, 0.25) is 0 Å². The molecule has 1 atom stereocenters.